The van der Waals surface area contributed by atoms with Gasteiger partial charge in [0.15, 0.2) is 5.84 Å². The SMILES string of the molecule is CC1CC(C(=O)Nc2ccccc2N(C)C)(/C(N)=N/O)C1. The molecule has 0 bridgehead atoms. The van der Waals surface area contributed by atoms with Crippen LogP contribution in [0.4, 0.5) is 11.4 Å². The molecule has 2 rings (SSSR count). The molecule has 1 aliphatic rings. The van der Waals surface area contributed by atoms with E-state index in [1.165, 1.54) is 0 Å². The van der Waals surface area contributed by atoms with Gasteiger partial charge in [0.05, 0.1) is 11.4 Å². The molecular weight excluding hydrogens is 268 g/mol. The van der Waals surface area contributed by atoms with Crippen LogP contribution in [0.1, 0.15) is 19.8 Å². The molecule has 0 aliphatic heterocycles. The van der Waals surface area contributed by atoms with E-state index in [1.807, 2.05) is 50.2 Å². The Labute approximate surface area is 124 Å². The van der Waals surface area contributed by atoms with E-state index in [4.69, 9.17) is 10.9 Å². The van der Waals surface area contributed by atoms with Crippen LogP contribution in [0, 0.1) is 11.3 Å². The lowest BCUT2D eigenvalue weighted by Gasteiger charge is -2.43. The molecular formula is C15H22N4O2. The van der Waals surface area contributed by atoms with E-state index < -0.39 is 5.41 Å². The quantitative estimate of drug-likeness (QED) is 0.341. The minimum atomic E-state index is -0.895. The standard InChI is InChI=1S/C15H22N4O2/c1-10-8-15(9-10,13(16)18-21)14(20)17-11-6-4-5-7-12(11)19(2)3/h4-7,10,21H,8-9H2,1-3H3,(H2,16,18)(H,17,20). The Morgan fingerprint density at radius 3 is 2.57 bits per heavy atom. The van der Waals surface area contributed by atoms with Crippen LogP contribution in [0.5, 0.6) is 0 Å². The van der Waals surface area contributed by atoms with E-state index >= 15 is 0 Å². The molecule has 0 unspecified atom stereocenters. The molecule has 1 fully saturated rings. The van der Waals surface area contributed by atoms with Gasteiger partial charge in [-0.05, 0) is 30.9 Å². The highest BCUT2D eigenvalue weighted by molar-refractivity contribution is 6.13. The zero-order valence-electron chi connectivity index (χ0n) is 12.6. The molecule has 1 saturated carbocycles. The van der Waals surface area contributed by atoms with Crippen LogP contribution < -0.4 is 16.0 Å². The third-order valence-corrected chi connectivity index (χ3v) is 4.06. The third kappa shape index (κ3) is 2.66. The lowest BCUT2D eigenvalue weighted by atomic mass is 9.61. The van der Waals surface area contributed by atoms with Crippen LogP contribution in [0.3, 0.4) is 0 Å². The molecule has 1 aliphatic carbocycles. The van der Waals surface area contributed by atoms with Gasteiger partial charge in [-0.15, -0.1) is 0 Å². The Morgan fingerprint density at radius 1 is 1.43 bits per heavy atom. The number of nitrogens with zero attached hydrogens (tertiary/aromatic N) is 2. The van der Waals surface area contributed by atoms with Gasteiger partial charge in [-0.2, -0.15) is 0 Å². The first-order valence-corrected chi connectivity index (χ1v) is 6.96. The second-order valence-electron chi connectivity index (χ2n) is 5.95. The summed E-state index contributed by atoms with van der Waals surface area (Å²) in [5.41, 5.74) is 6.49. The average Bonchev–Trinajstić information content (AvgIpc) is 2.43. The normalized spacial score (nSPS) is 25.1. The second-order valence-corrected chi connectivity index (χ2v) is 5.95. The maximum atomic E-state index is 12.6. The van der Waals surface area contributed by atoms with Gasteiger partial charge in [0, 0.05) is 14.1 Å². The van der Waals surface area contributed by atoms with Crippen LogP contribution in [0.25, 0.3) is 0 Å². The van der Waals surface area contributed by atoms with Crippen LogP contribution in [-0.2, 0) is 4.79 Å². The maximum absolute atomic E-state index is 12.6. The molecule has 0 atom stereocenters. The van der Waals surface area contributed by atoms with Gasteiger partial charge >= 0.3 is 0 Å². The summed E-state index contributed by atoms with van der Waals surface area (Å²) in [4.78, 5) is 14.6. The number of hydrogen-bond acceptors (Lipinski definition) is 4. The monoisotopic (exact) mass is 290 g/mol. The second kappa shape index (κ2) is 5.63. The number of carbonyl (C=O) groups is 1. The molecule has 1 aromatic rings. The minimum absolute atomic E-state index is 0.0135. The van der Waals surface area contributed by atoms with Crippen molar-refractivity contribution < 1.29 is 10.0 Å². The molecule has 21 heavy (non-hydrogen) atoms. The van der Waals surface area contributed by atoms with Gasteiger partial charge in [-0.3, -0.25) is 4.79 Å². The largest absolute Gasteiger partial charge is 0.409 e. The Kier molecular flexibility index (Phi) is 4.06. The van der Waals surface area contributed by atoms with Crippen molar-refractivity contribution >= 4 is 23.1 Å². The Hall–Kier alpha value is -2.24. The first kappa shape index (κ1) is 15.2. The van der Waals surface area contributed by atoms with Crippen molar-refractivity contribution in [1.82, 2.24) is 0 Å². The summed E-state index contributed by atoms with van der Waals surface area (Å²) >= 11 is 0. The molecule has 1 amide bonds. The van der Waals surface area contributed by atoms with E-state index in [2.05, 4.69) is 10.5 Å². The van der Waals surface area contributed by atoms with Gasteiger partial charge in [0.2, 0.25) is 5.91 Å². The van der Waals surface area contributed by atoms with Crippen molar-refractivity contribution in [3.05, 3.63) is 24.3 Å². The molecule has 0 aromatic heterocycles. The highest BCUT2D eigenvalue weighted by Crippen LogP contribution is 2.46. The average molecular weight is 290 g/mol. The number of nitrogens with two attached hydrogens (primary N) is 1. The van der Waals surface area contributed by atoms with Crippen molar-refractivity contribution in [1.29, 1.82) is 0 Å². The van der Waals surface area contributed by atoms with E-state index in [9.17, 15) is 4.79 Å². The summed E-state index contributed by atoms with van der Waals surface area (Å²) in [7, 11) is 3.82. The molecule has 4 N–H and O–H groups in total. The summed E-state index contributed by atoms with van der Waals surface area (Å²) < 4.78 is 0. The van der Waals surface area contributed by atoms with E-state index in [0.29, 0.717) is 18.8 Å². The van der Waals surface area contributed by atoms with Gasteiger partial charge in [0.1, 0.15) is 5.41 Å². The van der Waals surface area contributed by atoms with Crippen molar-refractivity contribution in [2.24, 2.45) is 22.2 Å². The summed E-state index contributed by atoms with van der Waals surface area (Å²) in [6.45, 7) is 2.05. The molecule has 6 heteroatoms. The maximum Gasteiger partial charge on any atom is 0.238 e. The predicted molar refractivity (Wildman–Crippen MR) is 83.6 cm³/mol. The van der Waals surface area contributed by atoms with Crippen molar-refractivity contribution in [3.63, 3.8) is 0 Å². The summed E-state index contributed by atoms with van der Waals surface area (Å²) in [6, 6.07) is 7.54. The van der Waals surface area contributed by atoms with Crippen molar-refractivity contribution in [3.8, 4) is 0 Å². The number of anilines is 2. The smallest absolute Gasteiger partial charge is 0.238 e. The third-order valence-electron chi connectivity index (χ3n) is 4.06. The topological polar surface area (TPSA) is 91.0 Å². The van der Waals surface area contributed by atoms with Gasteiger partial charge < -0.3 is 21.2 Å². The fraction of sp³-hybridized carbons (Fsp3) is 0.467. The number of hydrogen-bond donors (Lipinski definition) is 3. The summed E-state index contributed by atoms with van der Waals surface area (Å²) in [6.07, 6.45) is 1.19. The number of carbonyl (C=O) groups excluding carboxylic acids is 1. The number of nitrogens with one attached hydrogen (secondary N) is 1. The molecule has 0 spiro atoms. The molecule has 6 nitrogen and oxygen atoms in total. The Morgan fingerprint density at radius 2 is 2.05 bits per heavy atom. The lowest BCUT2D eigenvalue weighted by Crippen LogP contribution is -2.54. The van der Waals surface area contributed by atoms with Crippen molar-refractivity contribution in [2.45, 2.75) is 19.8 Å². The van der Waals surface area contributed by atoms with Gasteiger partial charge in [0.25, 0.3) is 0 Å². The van der Waals surface area contributed by atoms with Gasteiger partial charge in [-0.25, -0.2) is 0 Å². The lowest BCUT2D eigenvalue weighted by molar-refractivity contribution is -0.127. The number of rotatable bonds is 4. The van der Waals surface area contributed by atoms with Crippen LogP contribution >= 0.6 is 0 Å². The first-order valence-electron chi connectivity index (χ1n) is 6.96. The van der Waals surface area contributed by atoms with Crippen LogP contribution in [0.15, 0.2) is 29.4 Å². The summed E-state index contributed by atoms with van der Waals surface area (Å²) in [5, 5.41) is 14.9. The first-order chi connectivity index (χ1) is 9.90. The summed E-state index contributed by atoms with van der Waals surface area (Å²) in [5.74, 6) is 0.158. The van der Waals surface area contributed by atoms with Crippen LogP contribution in [0.2, 0.25) is 0 Å². The Balaban J connectivity index is 2.25. The highest BCUT2D eigenvalue weighted by Gasteiger charge is 2.52. The molecule has 0 saturated heterocycles. The van der Waals surface area contributed by atoms with E-state index in [0.717, 1.165) is 11.4 Å². The van der Waals surface area contributed by atoms with E-state index in [1.54, 1.807) is 0 Å². The fourth-order valence-corrected chi connectivity index (χ4v) is 2.95. The number of amides is 1. The molecule has 0 radical (unpaired) electrons. The fourth-order valence-electron chi connectivity index (χ4n) is 2.95. The molecule has 1 aromatic carbocycles. The zero-order valence-corrected chi connectivity index (χ0v) is 12.6. The van der Waals surface area contributed by atoms with E-state index in [-0.39, 0.29) is 11.7 Å². The minimum Gasteiger partial charge on any atom is -0.409 e. The van der Waals surface area contributed by atoms with Crippen LogP contribution in [-0.4, -0.2) is 31.0 Å². The van der Waals surface area contributed by atoms with Crippen molar-refractivity contribution in [2.75, 3.05) is 24.3 Å². The number of amidine groups is 1. The zero-order chi connectivity index (χ0) is 15.6. The Bertz CT molecular complexity index is 563. The number of oxime groups is 1. The highest BCUT2D eigenvalue weighted by atomic mass is 16.4. The molecule has 0 heterocycles. The van der Waals surface area contributed by atoms with Gasteiger partial charge in [-0.1, -0.05) is 24.2 Å². The predicted octanol–water partition coefficient (Wildman–Crippen LogP) is 1.85. The number of benzene rings is 1. The number of para-hydroxylation sites is 2. The molecule has 114 valence electrons.